The van der Waals surface area contributed by atoms with Gasteiger partial charge in [0, 0.05) is 38.9 Å². The van der Waals surface area contributed by atoms with E-state index >= 15 is 0 Å². The zero-order chi connectivity index (χ0) is 16.0. The van der Waals surface area contributed by atoms with E-state index in [9.17, 15) is 9.59 Å². The number of hydrogen-bond acceptors (Lipinski definition) is 3. The number of piperidine rings is 1. The first-order valence-corrected chi connectivity index (χ1v) is 7.94. The molecule has 1 aromatic heterocycles. The largest absolute Gasteiger partial charge is 0.347 e. The smallest absolute Gasteiger partial charge is 0.325 e. The summed E-state index contributed by atoms with van der Waals surface area (Å²) in [6.07, 6.45) is 1.54. The molecule has 3 atom stereocenters. The van der Waals surface area contributed by atoms with Crippen LogP contribution in [0.5, 0.6) is 0 Å². The van der Waals surface area contributed by atoms with Crippen LogP contribution in [0.25, 0.3) is 0 Å². The number of nitrogens with zero attached hydrogens (tertiary/aromatic N) is 2. The fraction of sp³-hybridized carbons (Fsp3) is 0.412. The van der Waals surface area contributed by atoms with Gasteiger partial charge in [0.2, 0.25) is 0 Å². The Labute approximate surface area is 134 Å². The van der Waals surface area contributed by atoms with Gasteiger partial charge in [-0.2, -0.15) is 0 Å². The van der Waals surface area contributed by atoms with E-state index in [0.29, 0.717) is 17.5 Å². The van der Waals surface area contributed by atoms with Crippen LogP contribution in [-0.4, -0.2) is 39.5 Å². The Balaban J connectivity index is 1.30. The third-order valence-electron chi connectivity index (χ3n) is 4.95. The van der Waals surface area contributed by atoms with E-state index in [1.165, 1.54) is 16.3 Å². The number of H-pyrrole nitrogens is 1. The van der Waals surface area contributed by atoms with Crippen molar-refractivity contribution in [2.24, 2.45) is 18.9 Å². The fourth-order valence-electron chi connectivity index (χ4n) is 3.63. The highest BCUT2D eigenvalue weighted by atomic mass is 16.2. The van der Waals surface area contributed by atoms with Gasteiger partial charge in [0.15, 0.2) is 0 Å². The average Bonchev–Trinajstić information content (AvgIpc) is 2.87. The van der Waals surface area contributed by atoms with Gasteiger partial charge in [0.05, 0.1) is 0 Å². The van der Waals surface area contributed by atoms with Gasteiger partial charge in [-0.3, -0.25) is 9.69 Å². The van der Waals surface area contributed by atoms with Gasteiger partial charge in [-0.1, -0.05) is 30.3 Å². The van der Waals surface area contributed by atoms with Crippen LogP contribution < -0.4 is 11.0 Å². The lowest BCUT2D eigenvalue weighted by atomic mass is 10.2. The Morgan fingerprint density at radius 2 is 1.96 bits per heavy atom. The summed E-state index contributed by atoms with van der Waals surface area (Å²) in [6, 6.07) is 10.7. The molecule has 0 radical (unpaired) electrons. The van der Waals surface area contributed by atoms with Crippen LogP contribution in [0.2, 0.25) is 0 Å². The van der Waals surface area contributed by atoms with E-state index in [-0.39, 0.29) is 17.6 Å². The standard InChI is InChI=1S/C17H20N4O2/c1-20-10-14(18-17(20)23)16(22)19-15-12-8-21(9-13(12)15)7-11-5-3-2-4-6-11/h2-6,10,12-13,15H,7-9H2,1H3,(H,18,23)(H,19,22)/t12-,13+,15?. The molecule has 0 bridgehead atoms. The molecule has 6 heteroatoms. The molecule has 6 nitrogen and oxygen atoms in total. The Morgan fingerprint density at radius 1 is 1.26 bits per heavy atom. The van der Waals surface area contributed by atoms with E-state index < -0.39 is 0 Å². The van der Waals surface area contributed by atoms with Gasteiger partial charge in [-0.15, -0.1) is 0 Å². The van der Waals surface area contributed by atoms with Crippen molar-refractivity contribution in [2.75, 3.05) is 13.1 Å². The minimum atomic E-state index is -0.264. The predicted octanol–water partition coefficient (Wildman–Crippen LogP) is 0.574. The van der Waals surface area contributed by atoms with Crippen LogP contribution in [0.3, 0.4) is 0 Å². The second-order valence-corrected chi connectivity index (χ2v) is 6.59. The highest BCUT2D eigenvalue weighted by Gasteiger charge is 2.56. The lowest BCUT2D eigenvalue weighted by molar-refractivity contribution is 0.0938. The number of likely N-dealkylation sites (tertiary alicyclic amines) is 1. The van der Waals surface area contributed by atoms with Crippen molar-refractivity contribution in [3.05, 3.63) is 58.3 Å². The number of carbonyl (C=O) groups excluding carboxylic acids is 1. The molecular formula is C17H20N4O2. The summed E-state index contributed by atoms with van der Waals surface area (Å²) in [5, 5.41) is 3.05. The predicted molar refractivity (Wildman–Crippen MR) is 86.0 cm³/mol. The third kappa shape index (κ3) is 2.70. The number of rotatable bonds is 4. The Kier molecular flexibility index (Phi) is 3.34. The molecule has 2 fully saturated rings. The van der Waals surface area contributed by atoms with Crippen molar-refractivity contribution in [2.45, 2.75) is 12.6 Å². The molecule has 1 saturated carbocycles. The average molecular weight is 312 g/mol. The number of imidazole rings is 1. The van der Waals surface area contributed by atoms with E-state index in [2.05, 4.69) is 39.5 Å². The lowest BCUT2D eigenvalue weighted by Gasteiger charge is -2.19. The normalized spacial score (nSPS) is 26.0. The summed E-state index contributed by atoms with van der Waals surface area (Å²) in [7, 11) is 1.63. The van der Waals surface area contributed by atoms with Gasteiger partial charge >= 0.3 is 5.69 Å². The van der Waals surface area contributed by atoms with Gasteiger partial charge in [0.25, 0.3) is 5.91 Å². The first-order valence-electron chi connectivity index (χ1n) is 7.94. The molecular weight excluding hydrogens is 292 g/mol. The second-order valence-electron chi connectivity index (χ2n) is 6.59. The summed E-state index contributed by atoms with van der Waals surface area (Å²) >= 11 is 0. The van der Waals surface area contributed by atoms with E-state index in [4.69, 9.17) is 0 Å². The first kappa shape index (κ1) is 14.3. The Morgan fingerprint density at radius 3 is 2.57 bits per heavy atom. The van der Waals surface area contributed by atoms with Gasteiger partial charge in [-0.05, 0) is 17.4 Å². The number of nitrogens with one attached hydrogen (secondary N) is 2. The molecule has 23 heavy (non-hydrogen) atoms. The fourth-order valence-corrected chi connectivity index (χ4v) is 3.63. The maximum Gasteiger partial charge on any atom is 0.325 e. The highest BCUT2D eigenvalue weighted by molar-refractivity contribution is 5.92. The number of benzene rings is 1. The summed E-state index contributed by atoms with van der Waals surface area (Å²) < 4.78 is 1.38. The van der Waals surface area contributed by atoms with Crippen LogP contribution in [0.4, 0.5) is 0 Å². The minimum absolute atomic E-state index is 0.184. The summed E-state index contributed by atoms with van der Waals surface area (Å²) in [4.78, 5) is 28.5. The zero-order valence-electron chi connectivity index (χ0n) is 13.0. The van der Waals surface area contributed by atoms with Gasteiger partial charge in [0.1, 0.15) is 5.69 Å². The number of aromatic amines is 1. The minimum Gasteiger partial charge on any atom is -0.347 e. The molecule has 2 heterocycles. The number of amides is 1. The molecule has 1 amide bonds. The van der Waals surface area contributed by atoms with Crippen molar-refractivity contribution in [1.82, 2.24) is 19.8 Å². The van der Waals surface area contributed by atoms with E-state index in [1.54, 1.807) is 7.05 Å². The summed E-state index contributed by atoms with van der Waals surface area (Å²) in [5.41, 5.74) is 1.40. The van der Waals surface area contributed by atoms with Crippen LogP contribution in [-0.2, 0) is 13.6 Å². The molecule has 2 N–H and O–H groups in total. The Bertz CT molecular complexity index is 767. The van der Waals surface area contributed by atoms with Crippen molar-refractivity contribution < 1.29 is 4.79 Å². The number of aryl methyl sites for hydroxylation is 1. The lowest BCUT2D eigenvalue weighted by Crippen LogP contribution is -2.34. The second kappa shape index (κ2) is 5.38. The van der Waals surface area contributed by atoms with Crippen LogP contribution in [0.15, 0.2) is 41.3 Å². The molecule has 0 spiro atoms. The molecule has 1 saturated heterocycles. The monoisotopic (exact) mass is 312 g/mol. The highest BCUT2D eigenvalue weighted by Crippen LogP contribution is 2.45. The number of fused-ring (bicyclic) bond motifs is 1. The molecule has 1 aliphatic heterocycles. The topological polar surface area (TPSA) is 70.1 Å². The first-order chi connectivity index (χ1) is 11.1. The van der Waals surface area contributed by atoms with Crippen molar-refractivity contribution >= 4 is 5.91 Å². The molecule has 2 aliphatic rings. The van der Waals surface area contributed by atoms with Crippen LogP contribution >= 0.6 is 0 Å². The Hall–Kier alpha value is -2.34. The van der Waals surface area contributed by atoms with Gasteiger partial charge < -0.3 is 14.9 Å². The molecule has 1 aromatic carbocycles. The third-order valence-corrected chi connectivity index (χ3v) is 4.95. The zero-order valence-corrected chi connectivity index (χ0v) is 13.0. The quantitative estimate of drug-likeness (QED) is 0.867. The maximum absolute atomic E-state index is 12.2. The molecule has 1 aliphatic carbocycles. The summed E-state index contributed by atoms with van der Waals surface area (Å²) in [6.45, 7) is 3.02. The van der Waals surface area contributed by atoms with Crippen molar-refractivity contribution in [1.29, 1.82) is 0 Å². The van der Waals surface area contributed by atoms with E-state index in [0.717, 1.165) is 19.6 Å². The van der Waals surface area contributed by atoms with E-state index in [1.807, 2.05) is 6.07 Å². The van der Waals surface area contributed by atoms with Crippen molar-refractivity contribution in [3.8, 4) is 0 Å². The molecule has 1 unspecified atom stereocenters. The number of aromatic nitrogens is 2. The van der Waals surface area contributed by atoms with Crippen LogP contribution in [0.1, 0.15) is 16.1 Å². The molecule has 2 aromatic rings. The summed E-state index contributed by atoms with van der Waals surface area (Å²) in [5.74, 6) is 0.896. The van der Waals surface area contributed by atoms with Gasteiger partial charge in [-0.25, -0.2) is 4.79 Å². The molecule has 4 rings (SSSR count). The molecule has 120 valence electrons. The number of hydrogen-bond donors (Lipinski definition) is 2. The SMILES string of the molecule is Cn1cc(C(=O)NC2[C@H]3CN(Cc4ccccc4)C[C@@H]23)[nH]c1=O. The number of carbonyl (C=O) groups is 1. The maximum atomic E-state index is 12.2. The van der Waals surface area contributed by atoms with Crippen LogP contribution in [0, 0.1) is 11.8 Å². The van der Waals surface area contributed by atoms with Crippen molar-refractivity contribution in [3.63, 3.8) is 0 Å².